The van der Waals surface area contributed by atoms with Gasteiger partial charge in [-0.3, -0.25) is 4.79 Å². The molecule has 4 heteroatoms. The number of nitrogen functional groups attached to an aromatic ring is 1. The SMILES string of the molecule is CC(CNC(=O)c1ccc(N)c(Cl)c1)c1ccccc1. The van der Waals surface area contributed by atoms with Crippen LogP contribution in [0.4, 0.5) is 5.69 Å². The molecule has 0 aromatic heterocycles. The Morgan fingerprint density at radius 2 is 1.95 bits per heavy atom. The van der Waals surface area contributed by atoms with Crippen molar-refractivity contribution in [1.82, 2.24) is 5.32 Å². The number of carbonyl (C=O) groups excluding carboxylic acids is 1. The number of rotatable bonds is 4. The summed E-state index contributed by atoms with van der Waals surface area (Å²) in [6.45, 7) is 2.65. The molecule has 3 nitrogen and oxygen atoms in total. The van der Waals surface area contributed by atoms with Crippen LogP contribution in [0.25, 0.3) is 0 Å². The van der Waals surface area contributed by atoms with Gasteiger partial charge in [0, 0.05) is 12.1 Å². The van der Waals surface area contributed by atoms with Gasteiger partial charge in [0.25, 0.3) is 5.91 Å². The van der Waals surface area contributed by atoms with Crippen LogP contribution in [-0.2, 0) is 0 Å². The molecule has 2 aromatic rings. The summed E-state index contributed by atoms with van der Waals surface area (Å²) in [7, 11) is 0. The Kier molecular flexibility index (Phi) is 4.64. The standard InChI is InChI=1S/C16H17ClN2O/c1-11(12-5-3-2-4-6-12)10-19-16(20)13-7-8-15(18)14(17)9-13/h2-9,11H,10,18H2,1H3,(H,19,20). The third-order valence-electron chi connectivity index (χ3n) is 3.20. The van der Waals surface area contributed by atoms with Gasteiger partial charge in [-0.05, 0) is 29.7 Å². The van der Waals surface area contributed by atoms with E-state index in [4.69, 9.17) is 17.3 Å². The van der Waals surface area contributed by atoms with Gasteiger partial charge >= 0.3 is 0 Å². The first-order valence-corrected chi connectivity index (χ1v) is 6.84. The van der Waals surface area contributed by atoms with Crippen molar-refractivity contribution in [3.63, 3.8) is 0 Å². The van der Waals surface area contributed by atoms with E-state index < -0.39 is 0 Å². The zero-order valence-corrected chi connectivity index (χ0v) is 12.0. The Balaban J connectivity index is 1.97. The van der Waals surface area contributed by atoms with Gasteiger partial charge in [-0.15, -0.1) is 0 Å². The van der Waals surface area contributed by atoms with Crippen molar-refractivity contribution >= 4 is 23.2 Å². The third-order valence-corrected chi connectivity index (χ3v) is 3.53. The van der Waals surface area contributed by atoms with Crippen molar-refractivity contribution in [3.8, 4) is 0 Å². The first kappa shape index (κ1) is 14.4. The molecule has 0 heterocycles. The molecule has 0 saturated heterocycles. The van der Waals surface area contributed by atoms with E-state index in [0.29, 0.717) is 22.8 Å². The van der Waals surface area contributed by atoms with E-state index in [0.717, 1.165) is 0 Å². The molecule has 20 heavy (non-hydrogen) atoms. The van der Waals surface area contributed by atoms with Crippen LogP contribution in [0.2, 0.25) is 5.02 Å². The lowest BCUT2D eigenvalue weighted by molar-refractivity contribution is 0.0951. The van der Waals surface area contributed by atoms with Crippen LogP contribution in [0, 0.1) is 0 Å². The van der Waals surface area contributed by atoms with Crippen LogP contribution < -0.4 is 11.1 Å². The molecular weight excluding hydrogens is 272 g/mol. The highest BCUT2D eigenvalue weighted by atomic mass is 35.5. The summed E-state index contributed by atoms with van der Waals surface area (Å²) in [6.07, 6.45) is 0. The molecule has 1 amide bonds. The maximum atomic E-state index is 12.0. The van der Waals surface area contributed by atoms with Gasteiger partial charge in [-0.2, -0.15) is 0 Å². The molecule has 0 bridgehead atoms. The summed E-state index contributed by atoms with van der Waals surface area (Å²) in [5.74, 6) is 0.110. The molecule has 0 aliphatic heterocycles. The normalized spacial score (nSPS) is 11.9. The number of nitrogens with two attached hydrogens (primary N) is 1. The van der Waals surface area contributed by atoms with Crippen LogP contribution in [0.1, 0.15) is 28.8 Å². The van der Waals surface area contributed by atoms with Crippen LogP contribution in [0.15, 0.2) is 48.5 Å². The Morgan fingerprint density at radius 1 is 1.25 bits per heavy atom. The number of carbonyl (C=O) groups is 1. The first-order chi connectivity index (χ1) is 9.58. The minimum atomic E-state index is -0.144. The van der Waals surface area contributed by atoms with Gasteiger partial charge in [0.05, 0.1) is 10.7 Å². The highest BCUT2D eigenvalue weighted by molar-refractivity contribution is 6.33. The van der Waals surface area contributed by atoms with Gasteiger partial charge in [0.1, 0.15) is 0 Å². The summed E-state index contributed by atoms with van der Waals surface area (Å²) >= 11 is 5.91. The topological polar surface area (TPSA) is 55.1 Å². The molecule has 104 valence electrons. The Hall–Kier alpha value is -2.00. The van der Waals surface area contributed by atoms with Crippen LogP contribution in [0.5, 0.6) is 0 Å². The Morgan fingerprint density at radius 3 is 2.60 bits per heavy atom. The minimum Gasteiger partial charge on any atom is -0.398 e. The fourth-order valence-electron chi connectivity index (χ4n) is 1.92. The Bertz CT molecular complexity index is 599. The maximum Gasteiger partial charge on any atom is 0.251 e. The van der Waals surface area contributed by atoms with Gasteiger partial charge in [0.2, 0.25) is 0 Å². The molecule has 0 spiro atoms. The molecule has 0 saturated carbocycles. The molecule has 0 radical (unpaired) electrons. The number of hydrogen-bond donors (Lipinski definition) is 2. The highest BCUT2D eigenvalue weighted by Gasteiger charge is 2.10. The van der Waals surface area contributed by atoms with E-state index in [9.17, 15) is 4.79 Å². The lowest BCUT2D eigenvalue weighted by Crippen LogP contribution is -2.27. The maximum absolute atomic E-state index is 12.0. The van der Waals surface area contributed by atoms with E-state index >= 15 is 0 Å². The summed E-state index contributed by atoms with van der Waals surface area (Å²) < 4.78 is 0. The monoisotopic (exact) mass is 288 g/mol. The molecule has 0 fully saturated rings. The van der Waals surface area contributed by atoms with Gasteiger partial charge in [0.15, 0.2) is 0 Å². The zero-order chi connectivity index (χ0) is 14.5. The molecule has 1 unspecified atom stereocenters. The second-order valence-corrected chi connectivity index (χ2v) is 5.17. The summed E-state index contributed by atoms with van der Waals surface area (Å²) in [6, 6.07) is 15.0. The van der Waals surface area contributed by atoms with Gasteiger partial charge in [-0.25, -0.2) is 0 Å². The number of benzene rings is 2. The van der Waals surface area contributed by atoms with E-state index in [2.05, 4.69) is 24.4 Å². The Labute approximate surface area is 123 Å². The number of nitrogens with one attached hydrogen (secondary N) is 1. The predicted molar refractivity (Wildman–Crippen MR) is 83.1 cm³/mol. The van der Waals surface area contributed by atoms with Crippen molar-refractivity contribution < 1.29 is 4.79 Å². The van der Waals surface area contributed by atoms with Crippen molar-refractivity contribution in [1.29, 1.82) is 0 Å². The fraction of sp³-hybridized carbons (Fsp3) is 0.188. The first-order valence-electron chi connectivity index (χ1n) is 6.46. The largest absolute Gasteiger partial charge is 0.398 e. The second-order valence-electron chi connectivity index (χ2n) is 4.76. The van der Waals surface area contributed by atoms with Crippen molar-refractivity contribution in [2.24, 2.45) is 0 Å². The molecule has 0 aliphatic carbocycles. The summed E-state index contributed by atoms with van der Waals surface area (Å²) in [4.78, 5) is 12.0. The van der Waals surface area contributed by atoms with E-state index in [-0.39, 0.29) is 11.8 Å². The molecule has 2 aromatic carbocycles. The molecule has 0 aliphatic rings. The third kappa shape index (κ3) is 3.52. The number of anilines is 1. The summed E-state index contributed by atoms with van der Waals surface area (Å²) in [5, 5.41) is 3.30. The van der Waals surface area contributed by atoms with Crippen LogP contribution >= 0.6 is 11.6 Å². The van der Waals surface area contributed by atoms with Gasteiger partial charge < -0.3 is 11.1 Å². The van der Waals surface area contributed by atoms with Crippen molar-refractivity contribution in [2.45, 2.75) is 12.8 Å². The molecular formula is C16H17ClN2O. The van der Waals surface area contributed by atoms with E-state index in [1.54, 1.807) is 18.2 Å². The quantitative estimate of drug-likeness (QED) is 0.847. The minimum absolute atomic E-state index is 0.144. The number of amides is 1. The van der Waals surface area contributed by atoms with E-state index in [1.165, 1.54) is 5.56 Å². The average Bonchev–Trinajstić information content (AvgIpc) is 2.48. The van der Waals surface area contributed by atoms with Gasteiger partial charge in [-0.1, -0.05) is 48.9 Å². The molecule has 2 rings (SSSR count). The molecule has 3 N–H and O–H groups in total. The zero-order valence-electron chi connectivity index (χ0n) is 11.3. The number of hydrogen-bond acceptors (Lipinski definition) is 2. The highest BCUT2D eigenvalue weighted by Crippen LogP contribution is 2.20. The second kappa shape index (κ2) is 6.44. The van der Waals surface area contributed by atoms with Crippen LogP contribution in [0.3, 0.4) is 0 Å². The lowest BCUT2D eigenvalue weighted by atomic mass is 10.0. The van der Waals surface area contributed by atoms with E-state index in [1.807, 2.05) is 18.2 Å². The van der Waals surface area contributed by atoms with Crippen molar-refractivity contribution in [2.75, 3.05) is 12.3 Å². The molecule has 1 atom stereocenters. The predicted octanol–water partition coefficient (Wildman–Crippen LogP) is 3.46. The fourth-order valence-corrected chi connectivity index (χ4v) is 2.10. The smallest absolute Gasteiger partial charge is 0.251 e. The van der Waals surface area contributed by atoms with Crippen molar-refractivity contribution in [3.05, 3.63) is 64.7 Å². The summed E-state index contributed by atoms with van der Waals surface area (Å²) in [5.41, 5.74) is 7.81. The average molecular weight is 289 g/mol. The van der Waals surface area contributed by atoms with Crippen LogP contribution in [-0.4, -0.2) is 12.5 Å². The lowest BCUT2D eigenvalue weighted by Gasteiger charge is -2.13. The number of halogens is 1.